The van der Waals surface area contributed by atoms with Gasteiger partial charge in [0.05, 0.1) is 62.3 Å². The highest BCUT2D eigenvalue weighted by Crippen LogP contribution is 2.33. The summed E-state index contributed by atoms with van der Waals surface area (Å²) in [5.41, 5.74) is 4.50. The van der Waals surface area contributed by atoms with E-state index < -0.39 is 11.9 Å². The molecular weight excluding hydrogens is 460 g/mol. The zero-order valence-corrected chi connectivity index (χ0v) is 20.3. The summed E-state index contributed by atoms with van der Waals surface area (Å²) in [6.07, 6.45) is 0. The molecule has 2 aromatic carbocycles. The van der Waals surface area contributed by atoms with E-state index in [4.69, 9.17) is 28.9 Å². The highest BCUT2D eigenvalue weighted by molar-refractivity contribution is 5.92. The molecule has 182 valence electrons. The number of nitrogens with zero attached hydrogens (tertiary/aromatic N) is 2. The van der Waals surface area contributed by atoms with Crippen LogP contribution in [-0.4, -0.2) is 50.3 Å². The van der Waals surface area contributed by atoms with E-state index in [0.717, 1.165) is 0 Å². The average Bonchev–Trinajstić information content (AvgIpc) is 2.95. The molecule has 4 aromatic rings. The van der Waals surface area contributed by atoms with Crippen LogP contribution < -0.4 is 9.47 Å². The van der Waals surface area contributed by atoms with E-state index in [1.807, 2.05) is 36.4 Å². The molecule has 0 spiro atoms. The second-order valence-electron chi connectivity index (χ2n) is 7.63. The molecule has 0 atom stereocenters. The lowest BCUT2D eigenvalue weighted by molar-refractivity contribution is 0.0592. The molecule has 0 saturated carbocycles. The van der Waals surface area contributed by atoms with Crippen LogP contribution >= 0.6 is 0 Å². The first kappa shape index (κ1) is 24.4. The molecule has 0 amide bonds. The quantitative estimate of drug-likeness (QED) is 0.336. The van der Waals surface area contributed by atoms with Gasteiger partial charge in [0.1, 0.15) is 11.5 Å². The fraction of sp³-hybridized carbons (Fsp3) is 0.143. The van der Waals surface area contributed by atoms with E-state index >= 15 is 0 Å². The number of carbonyl (C=O) groups is 2. The number of pyridine rings is 2. The Morgan fingerprint density at radius 2 is 0.944 bits per heavy atom. The predicted octanol–water partition coefficient (Wildman–Crippen LogP) is 5.07. The first-order valence-corrected chi connectivity index (χ1v) is 11.0. The fourth-order valence-corrected chi connectivity index (χ4v) is 3.76. The Balaban J connectivity index is 1.78. The third kappa shape index (κ3) is 4.88. The lowest BCUT2D eigenvalue weighted by atomic mass is 10.0. The summed E-state index contributed by atoms with van der Waals surface area (Å²) in [5.74, 6) is 0.233. The van der Waals surface area contributed by atoms with Crippen LogP contribution in [0, 0.1) is 0 Å². The molecule has 0 aliphatic rings. The monoisotopic (exact) mass is 484 g/mol. The van der Waals surface area contributed by atoms with Gasteiger partial charge in [-0.3, -0.25) is 0 Å². The van der Waals surface area contributed by atoms with Crippen LogP contribution in [0.2, 0.25) is 0 Å². The summed E-state index contributed by atoms with van der Waals surface area (Å²) in [7, 11) is 5.78. The van der Waals surface area contributed by atoms with Crippen molar-refractivity contribution >= 4 is 11.9 Å². The van der Waals surface area contributed by atoms with E-state index in [1.165, 1.54) is 14.2 Å². The predicted molar refractivity (Wildman–Crippen MR) is 134 cm³/mol. The molecule has 0 fully saturated rings. The molecule has 0 bridgehead atoms. The summed E-state index contributed by atoms with van der Waals surface area (Å²) < 4.78 is 20.7. The second kappa shape index (κ2) is 10.7. The van der Waals surface area contributed by atoms with Gasteiger partial charge < -0.3 is 18.9 Å². The van der Waals surface area contributed by atoms with Crippen molar-refractivity contribution < 1.29 is 28.5 Å². The Hall–Kier alpha value is -4.72. The summed E-state index contributed by atoms with van der Waals surface area (Å²) in [6, 6.07) is 21.1. The van der Waals surface area contributed by atoms with Gasteiger partial charge in [0.15, 0.2) is 0 Å². The van der Waals surface area contributed by atoms with Gasteiger partial charge in [-0.25, -0.2) is 19.6 Å². The Morgan fingerprint density at radius 1 is 0.556 bits per heavy atom. The minimum absolute atomic E-state index is 0.387. The summed E-state index contributed by atoms with van der Waals surface area (Å²) >= 11 is 0. The minimum Gasteiger partial charge on any atom is -0.496 e. The van der Waals surface area contributed by atoms with Gasteiger partial charge in [-0.1, -0.05) is 12.1 Å². The number of ether oxygens (including phenoxy) is 4. The molecule has 0 radical (unpaired) electrons. The van der Waals surface area contributed by atoms with Gasteiger partial charge in [-0.2, -0.15) is 0 Å². The molecule has 0 aliphatic heterocycles. The van der Waals surface area contributed by atoms with Crippen molar-refractivity contribution in [2.24, 2.45) is 0 Å². The molecule has 8 heteroatoms. The van der Waals surface area contributed by atoms with Crippen LogP contribution in [0.3, 0.4) is 0 Å². The molecule has 0 aliphatic carbocycles. The van der Waals surface area contributed by atoms with Gasteiger partial charge >= 0.3 is 11.9 Å². The summed E-state index contributed by atoms with van der Waals surface area (Å²) in [6.45, 7) is 0. The maximum atomic E-state index is 12.1. The molecule has 0 unspecified atom stereocenters. The van der Waals surface area contributed by atoms with Gasteiger partial charge in [-0.15, -0.1) is 0 Å². The fourth-order valence-electron chi connectivity index (χ4n) is 3.76. The van der Waals surface area contributed by atoms with Crippen molar-refractivity contribution in [2.75, 3.05) is 28.4 Å². The third-order valence-electron chi connectivity index (χ3n) is 5.55. The number of esters is 2. The van der Waals surface area contributed by atoms with Crippen LogP contribution in [0.25, 0.3) is 33.9 Å². The maximum Gasteiger partial charge on any atom is 0.337 e. The molecule has 8 nitrogen and oxygen atoms in total. The van der Waals surface area contributed by atoms with E-state index in [-0.39, 0.29) is 0 Å². The summed E-state index contributed by atoms with van der Waals surface area (Å²) in [4.78, 5) is 33.7. The van der Waals surface area contributed by atoms with Crippen molar-refractivity contribution in [3.8, 4) is 45.4 Å². The second-order valence-corrected chi connectivity index (χ2v) is 7.63. The van der Waals surface area contributed by atoms with Crippen LogP contribution in [0.4, 0.5) is 0 Å². The number of rotatable bonds is 7. The lowest BCUT2D eigenvalue weighted by Gasteiger charge is -2.12. The zero-order valence-electron chi connectivity index (χ0n) is 20.3. The van der Waals surface area contributed by atoms with Gasteiger partial charge in [0, 0.05) is 11.1 Å². The first-order valence-electron chi connectivity index (χ1n) is 11.0. The molecular formula is C28H24N2O6. The average molecular weight is 485 g/mol. The summed E-state index contributed by atoms with van der Waals surface area (Å²) in [5, 5.41) is 0. The Labute approximate surface area is 208 Å². The number of hydrogen-bond acceptors (Lipinski definition) is 8. The van der Waals surface area contributed by atoms with Crippen LogP contribution in [-0.2, 0) is 9.47 Å². The van der Waals surface area contributed by atoms with E-state index in [2.05, 4.69) is 0 Å². The number of methoxy groups -OCH3 is 4. The Kier molecular flexibility index (Phi) is 7.25. The molecule has 4 rings (SSSR count). The largest absolute Gasteiger partial charge is 0.496 e. The molecule has 36 heavy (non-hydrogen) atoms. The zero-order chi connectivity index (χ0) is 25.7. The first-order chi connectivity index (χ1) is 17.5. The van der Waals surface area contributed by atoms with Crippen LogP contribution in [0.15, 0.2) is 72.8 Å². The SMILES string of the molecule is COC(=O)c1ccc(OC)c(-c2cccc(-c3cccc(-c4cc(C(=O)OC)ccc4OC)n3)n2)c1. The highest BCUT2D eigenvalue weighted by atomic mass is 16.5. The van der Waals surface area contributed by atoms with Gasteiger partial charge in [0.2, 0.25) is 0 Å². The standard InChI is InChI=1S/C28H24N2O6/c1-33-25-13-11-17(27(31)35-3)15-19(25)21-7-5-9-23(29-21)24-10-6-8-22(30-24)20-16-18(28(32)36-4)12-14-26(20)34-2/h5-16H,1-4H3. The lowest BCUT2D eigenvalue weighted by Crippen LogP contribution is -2.03. The molecule has 0 saturated heterocycles. The van der Waals surface area contributed by atoms with Gasteiger partial charge in [-0.05, 0) is 60.7 Å². The van der Waals surface area contributed by atoms with Crippen LogP contribution in [0.5, 0.6) is 11.5 Å². The normalized spacial score (nSPS) is 10.4. The minimum atomic E-state index is -0.451. The van der Waals surface area contributed by atoms with E-state index in [0.29, 0.717) is 56.5 Å². The highest BCUT2D eigenvalue weighted by Gasteiger charge is 2.16. The van der Waals surface area contributed by atoms with Crippen molar-refractivity contribution in [2.45, 2.75) is 0 Å². The molecule has 2 heterocycles. The number of hydrogen-bond donors (Lipinski definition) is 0. The van der Waals surface area contributed by atoms with Gasteiger partial charge in [0.25, 0.3) is 0 Å². The maximum absolute atomic E-state index is 12.1. The van der Waals surface area contributed by atoms with E-state index in [1.54, 1.807) is 50.6 Å². The van der Waals surface area contributed by atoms with Crippen molar-refractivity contribution in [3.05, 3.63) is 83.9 Å². The number of benzene rings is 2. The Bertz CT molecular complexity index is 1320. The van der Waals surface area contributed by atoms with Crippen molar-refractivity contribution in [3.63, 3.8) is 0 Å². The number of aromatic nitrogens is 2. The van der Waals surface area contributed by atoms with Crippen molar-refractivity contribution in [1.82, 2.24) is 9.97 Å². The van der Waals surface area contributed by atoms with Crippen molar-refractivity contribution in [1.29, 1.82) is 0 Å². The van der Waals surface area contributed by atoms with E-state index in [9.17, 15) is 9.59 Å². The molecule has 0 N–H and O–H groups in total. The van der Waals surface area contributed by atoms with Crippen LogP contribution in [0.1, 0.15) is 20.7 Å². The Morgan fingerprint density at radius 3 is 1.31 bits per heavy atom. The smallest absolute Gasteiger partial charge is 0.337 e. The third-order valence-corrected chi connectivity index (χ3v) is 5.55. The number of carbonyl (C=O) groups excluding carboxylic acids is 2. The topological polar surface area (TPSA) is 96.8 Å². The molecule has 2 aromatic heterocycles.